The Kier molecular flexibility index (Phi) is 3.35. The van der Waals surface area contributed by atoms with E-state index in [9.17, 15) is 4.79 Å². The Labute approximate surface area is 119 Å². The van der Waals surface area contributed by atoms with Crippen LogP contribution in [0.15, 0.2) is 42.3 Å². The molecule has 0 spiro atoms. The van der Waals surface area contributed by atoms with Crippen molar-refractivity contribution in [1.29, 1.82) is 0 Å². The first kappa shape index (κ1) is 13.0. The van der Waals surface area contributed by atoms with E-state index in [1.165, 1.54) is 12.0 Å². The lowest BCUT2D eigenvalue weighted by Crippen LogP contribution is -2.29. The van der Waals surface area contributed by atoms with Crippen molar-refractivity contribution in [3.63, 3.8) is 0 Å². The molecule has 2 aliphatic heterocycles. The summed E-state index contributed by atoms with van der Waals surface area (Å²) in [5, 5.41) is 0. The fourth-order valence-corrected chi connectivity index (χ4v) is 2.87. The molecule has 1 saturated heterocycles. The number of likely N-dealkylation sites (tertiary alicyclic amines) is 1. The van der Waals surface area contributed by atoms with Crippen molar-refractivity contribution >= 4 is 11.5 Å². The van der Waals surface area contributed by atoms with Gasteiger partial charge in [-0.15, -0.1) is 0 Å². The first-order valence-corrected chi connectivity index (χ1v) is 7.14. The van der Waals surface area contributed by atoms with Crippen LogP contribution in [0, 0.1) is 6.92 Å². The van der Waals surface area contributed by atoms with Gasteiger partial charge in [0.05, 0.1) is 11.3 Å². The second kappa shape index (κ2) is 5.16. The summed E-state index contributed by atoms with van der Waals surface area (Å²) in [6.07, 6.45) is 3.57. The van der Waals surface area contributed by atoms with E-state index < -0.39 is 0 Å². The molecule has 3 heteroatoms. The van der Waals surface area contributed by atoms with Gasteiger partial charge >= 0.3 is 5.97 Å². The molecule has 20 heavy (non-hydrogen) atoms. The predicted octanol–water partition coefficient (Wildman–Crippen LogP) is 3.26. The molecule has 2 heterocycles. The number of rotatable bonds is 2. The van der Waals surface area contributed by atoms with E-state index in [2.05, 4.69) is 11.5 Å². The molecule has 2 aliphatic rings. The van der Waals surface area contributed by atoms with Gasteiger partial charge in [0.1, 0.15) is 5.76 Å². The molecule has 0 radical (unpaired) electrons. The van der Waals surface area contributed by atoms with Crippen LogP contribution >= 0.6 is 0 Å². The number of ether oxygens (including phenoxy) is 1. The summed E-state index contributed by atoms with van der Waals surface area (Å²) in [5.74, 6) is 0.215. The number of aryl methyl sites for hydroxylation is 1. The van der Waals surface area contributed by atoms with Crippen molar-refractivity contribution in [2.24, 2.45) is 0 Å². The normalized spacial score (nSPS) is 19.6. The lowest BCUT2D eigenvalue weighted by molar-refractivity contribution is -0.131. The van der Waals surface area contributed by atoms with Gasteiger partial charge in [0, 0.05) is 13.1 Å². The number of carbonyl (C=O) groups is 1. The minimum absolute atomic E-state index is 0.278. The fourth-order valence-electron chi connectivity index (χ4n) is 2.87. The molecule has 3 rings (SSSR count). The van der Waals surface area contributed by atoms with Crippen molar-refractivity contribution in [3.05, 3.63) is 53.4 Å². The van der Waals surface area contributed by atoms with Crippen molar-refractivity contribution < 1.29 is 9.53 Å². The standard InChI is InChI=1S/C17H19NO2/c1-12-6-8-14(9-7-12)15-16(13(2)20-17(15)19)18-10-4-3-5-11-18/h6-9H,2-5,10-11H2,1H3. The first-order valence-electron chi connectivity index (χ1n) is 7.14. The molecule has 0 aromatic heterocycles. The van der Waals surface area contributed by atoms with Crippen LogP contribution in [0.25, 0.3) is 5.57 Å². The van der Waals surface area contributed by atoms with Crippen LogP contribution in [0.5, 0.6) is 0 Å². The third-order valence-electron chi connectivity index (χ3n) is 3.93. The van der Waals surface area contributed by atoms with Crippen molar-refractivity contribution in [1.82, 2.24) is 4.90 Å². The zero-order valence-electron chi connectivity index (χ0n) is 11.8. The highest BCUT2D eigenvalue weighted by Crippen LogP contribution is 2.35. The largest absolute Gasteiger partial charge is 0.421 e. The molecule has 0 amide bonds. The minimum atomic E-state index is -0.278. The molecular formula is C17H19NO2. The van der Waals surface area contributed by atoms with Crippen LogP contribution in [0.2, 0.25) is 0 Å². The Balaban J connectivity index is 2.05. The summed E-state index contributed by atoms with van der Waals surface area (Å²) < 4.78 is 5.28. The topological polar surface area (TPSA) is 29.5 Å². The summed E-state index contributed by atoms with van der Waals surface area (Å²) in [4.78, 5) is 14.4. The molecule has 0 saturated carbocycles. The fraction of sp³-hybridized carbons (Fsp3) is 0.353. The summed E-state index contributed by atoms with van der Waals surface area (Å²) in [7, 11) is 0. The Morgan fingerprint density at radius 2 is 1.75 bits per heavy atom. The van der Waals surface area contributed by atoms with Gasteiger partial charge in [0.2, 0.25) is 0 Å². The predicted molar refractivity (Wildman–Crippen MR) is 78.8 cm³/mol. The number of esters is 1. The second-order valence-electron chi connectivity index (χ2n) is 5.45. The summed E-state index contributed by atoms with van der Waals surface area (Å²) in [6, 6.07) is 8.00. The minimum Gasteiger partial charge on any atom is -0.421 e. The van der Waals surface area contributed by atoms with Gasteiger partial charge in [-0.2, -0.15) is 0 Å². The Bertz CT molecular complexity index is 578. The highest BCUT2D eigenvalue weighted by molar-refractivity contribution is 6.20. The average Bonchev–Trinajstić information content (AvgIpc) is 2.75. The number of carbonyl (C=O) groups excluding carboxylic acids is 1. The van der Waals surface area contributed by atoms with Gasteiger partial charge in [-0.3, -0.25) is 0 Å². The Morgan fingerprint density at radius 1 is 1.10 bits per heavy atom. The monoisotopic (exact) mass is 269 g/mol. The van der Waals surface area contributed by atoms with E-state index in [1.54, 1.807) is 0 Å². The van der Waals surface area contributed by atoms with Crippen LogP contribution < -0.4 is 0 Å². The molecule has 1 aromatic carbocycles. The van der Waals surface area contributed by atoms with Gasteiger partial charge in [0.25, 0.3) is 0 Å². The van der Waals surface area contributed by atoms with Crippen LogP contribution in [0.1, 0.15) is 30.4 Å². The summed E-state index contributed by atoms with van der Waals surface area (Å²) in [5.41, 5.74) is 3.65. The molecule has 104 valence electrons. The summed E-state index contributed by atoms with van der Waals surface area (Å²) in [6.45, 7) is 7.89. The molecule has 0 aliphatic carbocycles. The maximum absolute atomic E-state index is 12.2. The Morgan fingerprint density at radius 3 is 2.40 bits per heavy atom. The van der Waals surface area contributed by atoms with Gasteiger partial charge in [0.15, 0.2) is 0 Å². The van der Waals surface area contributed by atoms with Crippen molar-refractivity contribution in [2.45, 2.75) is 26.2 Å². The zero-order chi connectivity index (χ0) is 14.1. The van der Waals surface area contributed by atoms with Gasteiger partial charge in [-0.1, -0.05) is 36.4 Å². The molecular weight excluding hydrogens is 250 g/mol. The maximum Gasteiger partial charge on any atom is 0.346 e. The quantitative estimate of drug-likeness (QED) is 0.772. The lowest BCUT2D eigenvalue weighted by Gasteiger charge is -2.29. The van der Waals surface area contributed by atoms with Crippen LogP contribution in [0.4, 0.5) is 0 Å². The number of hydrogen-bond acceptors (Lipinski definition) is 3. The number of cyclic esters (lactones) is 1. The van der Waals surface area contributed by atoms with Crippen molar-refractivity contribution in [2.75, 3.05) is 13.1 Å². The SMILES string of the molecule is C=C1OC(=O)C(c2ccc(C)cc2)=C1N1CCCCC1. The lowest BCUT2D eigenvalue weighted by atomic mass is 10.0. The second-order valence-corrected chi connectivity index (χ2v) is 5.45. The summed E-state index contributed by atoms with van der Waals surface area (Å²) >= 11 is 0. The van der Waals surface area contributed by atoms with Crippen molar-refractivity contribution in [3.8, 4) is 0 Å². The molecule has 0 atom stereocenters. The van der Waals surface area contributed by atoms with Crippen LogP contribution in [0.3, 0.4) is 0 Å². The number of hydrogen-bond donors (Lipinski definition) is 0. The third kappa shape index (κ3) is 2.24. The van der Waals surface area contributed by atoms with Crippen LogP contribution in [-0.4, -0.2) is 24.0 Å². The molecule has 1 fully saturated rings. The highest BCUT2D eigenvalue weighted by atomic mass is 16.5. The van der Waals surface area contributed by atoms with Gasteiger partial charge in [-0.05, 0) is 31.7 Å². The molecule has 1 aromatic rings. The van der Waals surface area contributed by atoms with E-state index in [1.807, 2.05) is 31.2 Å². The highest BCUT2D eigenvalue weighted by Gasteiger charge is 2.33. The average molecular weight is 269 g/mol. The molecule has 0 bridgehead atoms. The molecule has 0 N–H and O–H groups in total. The number of piperidine rings is 1. The van der Waals surface area contributed by atoms with E-state index >= 15 is 0 Å². The van der Waals surface area contributed by atoms with Gasteiger partial charge in [-0.25, -0.2) is 4.79 Å². The number of benzene rings is 1. The van der Waals surface area contributed by atoms with E-state index in [4.69, 9.17) is 4.74 Å². The molecule has 3 nitrogen and oxygen atoms in total. The van der Waals surface area contributed by atoms with E-state index in [0.29, 0.717) is 11.3 Å². The third-order valence-corrected chi connectivity index (χ3v) is 3.93. The first-order chi connectivity index (χ1) is 9.66. The van der Waals surface area contributed by atoms with Gasteiger partial charge < -0.3 is 9.64 Å². The number of nitrogens with zero attached hydrogens (tertiary/aromatic N) is 1. The van der Waals surface area contributed by atoms with Crippen LogP contribution in [-0.2, 0) is 9.53 Å². The van der Waals surface area contributed by atoms with E-state index in [0.717, 1.165) is 37.2 Å². The maximum atomic E-state index is 12.2. The zero-order valence-corrected chi connectivity index (χ0v) is 11.8. The van der Waals surface area contributed by atoms with E-state index in [-0.39, 0.29) is 5.97 Å². The molecule has 0 unspecified atom stereocenters. The Hall–Kier alpha value is -2.03. The smallest absolute Gasteiger partial charge is 0.346 e.